The summed E-state index contributed by atoms with van der Waals surface area (Å²) >= 11 is 0. The third-order valence-corrected chi connectivity index (χ3v) is 2.55. The van der Waals surface area contributed by atoms with Crippen molar-refractivity contribution in [2.75, 3.05) is 27.2 Å². The standard InChI is InChI=1S/C9H17N2O/c1-8(12)11-6-4-9(5-7-11)10(2)3/h9H,1,4-7H2,2-3H3. The van der Waals surface area contributed by atoms with Crippen molar-refractivity contribution in [2.45, 2.75) is 18.9 Å². The highest BCUT2D eigenvalue weighted by molar-refractivity contribution is 5.80. The van der Waals surface area contributed by atoms with Gasteiger partial charge in [0.15, 0.2) is 0 Å². The predicted octanol–water partition coefficient (Wildman–Crippen LogP) is 0.373. The second kappa shape index (κ2) is 3.90. The van der Waals surface area contributed by atoms with E-state index >= 15 is 0 Å². The molecule has 0 N–H and O–H groups in total. The molecule has 0 aromatic carbocycles. The highest BCUT2D eigenvalue weighted by Gasteiger charge is 2.21. The summed E-state index contributed by atoms with van der Waals surface area (Å²) in [5.41, 5.74) is 0. The van der Waals surface area contributed by atoms with Gasteiger partial charge in [0.25, 0.3) is 0 Å². The Morgan fingerprint density at radius 1 is 1.42 bits per heavy atom. The van der Waals surface area contributed by atoms with Crippen molar-refractivity contribution in [1.82, 2.24) is 9.80 Å². The summed E-state index contributed by atoms with van der Waals surface area (Å²) in [5.74, 6) is -0.0350. The largest absolute Gasteiger partial charge is 0.343 e. The lowest BCUT2D eigenvalue weighted by molar-refractivity contribution is -0.127. The zero-order valence-electron chi connectivity index (χ0n) is 7.92. The van der Waals surface area contributed by atoms with Crippen LogP contribution < -0.4 is 0 Å². The molecule has 0 saturated carbocycles. The number of likely N-dealkylation sites (tertiary alicyclic amines) is 1. The highest BCUT2D eigenvalue weighted by Crippen LogP contribution is 2.13. The number of piperidine rings is 1. The number of amides is 1. The van der Waals surface area contributed by atoms with Crippen molar-refractivity contribution in [3.63, 3.8) is 0 Å². The zero-order valence-corrected chi connectivity index (χ0v) is 7.92. The summed E-state index contributed by atoms with van der Waals surface area (Å²) < 4.78 is 0. The first-order valence-corrected chi connectivity index (χ1v) is 4.38. The van der Waals surface area contributed by atoms with Crippen molar-refractivity contribution >= 4 is 5.91 Å². The van der Waals surface area contributed by atoms with Gasteiger partial charge in [0.05, 0.1) is 0 Å². The van der Waals surface area contributed by atoms with Gasteiger partial charge in [-0.25, -0.2) is 0 Å². The molecule has 0 atom stereocenters. The molecular weight excluding hydrogens is 152 g/mol. The van der Waals surface area contributed by atoms with Crippen LogP contribution in [0.5, 0.6) is 0 Å². The van der Waals surface area contributed by atoms with Crippen molar-refractivity contribution in [3.8, 4) is 0 Å². The second-order valence-electron chi connectivity index (χ2n) is 3.58. The summed E-state index contributed by atoms with van der Waals surface area (Å²) in [4.78, 5) is 14.9. The number of rotatable bonds is 1. The van der Waals surface area contributed by atoms with Crippen molar-refractivity contribution in [1.29, 1.82) is 0 Å². The molecule has 0 spiro atoms. The van der Waals surface area contributed by atoms with Gasteiger partial charge < -0.3 is 9.80 Å². The molecule has 3 nitrogen and oxygen atoms in total. The Morgan fingerprint density at radius 2 is 1.92 bits per heavy atom. The van der Waals surface area contributed by atoms with E-state index in [1.165, 1.54) is 0 Å². The summed E-state index contributed by atoms with van der Waals surface area (Å²) in [6.45, 7) is 5.14. The lowest BCUT2D eigenvalue weighted by atomic mass is 10.0. The average molecular weight is 169 g/mol. The number of hydrogen-bond donors (Lipinski definition) is 0. The average Bonchev–Trinajstić information content (AvgIpc) is 2.04. The minimum atomic E-state index is -0.0350. The Labute approximate surface area is 74.3 Å². The number of nitrogens with zero attached hydrogens (tertiary/aromatic N) is 2. The van der Waals surface area contributed by atoms with Gasteiger partial charge in [-0.15, -0.1) is 0 Å². The molecule has 69 valence electrons. The Hall–Kier alpha value is -0.570. The first-order valence-electron chi connectivity index (χ1n) is 4.38. The summed E-state index contributed by atoms with van der Waals surface area (Å²) in [5, 5.41) is 0. The van der Waals surface area contributed by atoms with Gasteiger partial charge >= 0.3 is 0 Å². The molecule has 3 heteroatoms. The molecule has 1 rings (SSSR count). The van der Waals surface area contributed by atoms with Gasteiger partial charge in [0.2, 0.25) is 5.91 Å². The van der Waals surface area contributed by atoms with Crippen molar-refractivity contribution in [2.24, 2.45) is 0 Å². The minimum absolute atomic E-state index is 0.0350. The maximum Gasteiger partial charge on any atom is 0.223 e. The van der Waals surface area contributed by atoms with E-state index in [-0.39, 0.29) is 5.91 Å². The SMILES string of the molecule is [CH2]C(=O)N1CCC(N(C)C)CC1. The van der Waals surface area contributed by atoms with Crippen LogP contribution >= 0.6 is 0 Å². The van der Waals surface area contributed by atoms with Crippen LogP contribution in [0.4, 0.5) is 0 Å². The van der Waals surface area contributed by atoms with Crippen LogP contribution in [0.3, 0.4) is 0 Å². The molecular formula is C9H17N2O. The van der Waals surface area contributed by atoms with E-state index in [0.717, 1.165) is 25.9 Å². The summed E-state index contributed by atoms with van der Waals surface area (Å²) in [6.07, 6.45) is 2.16. The van der Waals surface area contributed by atoms with Gasteiger partial charge in [-0.1, -0.05) is 0 Å². The molecule has 0 aromatic rings. The van der Waals surface area contributed by atoms with E-state index in [4.69, 9.17) is 0 Å². The van der Waals surface area contributed by atoms with Gasteiger partial charge in [0, 0.05) is 26.1 Å². The third-order valence-electron chi connectivity index (χ3n) is 2.55. The van der Waals surface area contributed by atoms with Gasteiger partial charge in [-0.05, 0) is 26.9 Å². The second-order valence-corrected chi connectivity index (χ2v) is 3.58. The quantitative estimate of drug-likeness (QED) is 0.566. The molecule has 1 fully saturated rings. The number of carbonyl (C=O) groups excluding carboxylic acids is 1. The molecule has 0 aliphatic carbocycles. The molecule has 12 heavy (non-hydrogen) atoms. The van der Waals surface area contributed by atoms with Gasteiger partial charge in [-0.2, -0.15) is 0 Å². The minimum Gasteiger partial charge on any atom is -0.343 e. The molecule has 0 unspecified atom stereocenters. The van der Waals surface area contributed by atoms with E-state index in [9.17, 15) is 4.79 Å². The fourth-order valence-corrected chi connectivity index (χ4v) is 1.63. The fraction of sp³-hybridized carbons (Fsp3) is 0.778. The molecule has 1 aliphatic heterocycles. The predicted molar refractivity (Wildman–Crippen MR) is 48.6 cm³/mol. The topological polar surface area (TPSA) is 23.6 Å². The fourth-order valence-electron chi connectivity index (χ4n) is 1.63. The normalized spacial score (nSPS) is 20.2. The van der Waals surface area contributed by atoms with E-state index in [0.29, 0.717) is 6.04 Å². The van der Waals surface area contributed by atoms with E-state index in [2.05, 4.69) is 25.9 Å². The summed E-state index contributed by atoms with van der Waals surface area (Å²) in [7, 11) is 4.18. The van der Waals surface area contributed by atoms with E-state index in [1.54, 1.807) is 0 Å². The Balaban J connectivity index is 2.34. The number of hydrogen-bond acceptors (Lipinski definition) is 2. The van der Waals surface area contributed by atoms with Crippen LogP contribution in [0.2, 0.25) is 0 Å². The maximum absolute atomic E-state index is 10.9. The van der Waals surface area contributed by atoms with Crippen LogP contribution in [0.1, 0.15) is 12.8 Å². The van der Waals surface area contributed by atoms with Gasteiger partial charge in [0.1, 0.15) is 0 Å². The molecule has 1 heterocycles. The van der Waals surface area contributed by atoms with E-state index < -0.39 is 0 Å². The van der Waals surface area contributed by atoms with Crippen LogP contribution in [0.15, 0.2) is 0 Å². The van der Waals surface area contributed by atoms with Gasteiger partial charge in [-0.3, -0.25) is 4.79 Å². The first-order chi connectivity index (χ1) is 5.61. The Bertz CT molecular complexity index is 160. The lowest BCUT2D eigenvalue weighted by Crippen LogP contribution is -2.43. The molecule has 0 aromatic heterocycles. The molecule has 1 radical (unpaired) electrons. The highest BCUT2D eigenvalue weighted by atomic mass is 16.2. The lowest BCUT2D eigenvalue weighted by Gasteiger charge is -2.34. The molecule has 1 aliphatic rings. The smallest absolute Gasteiger partial charge is 0.223 e. The van der Waals surface area contributed by atoms with Crippen molar-refractivity contribution < 1.29 is 4.79 Å². The number of carbonyl (C=O) groups is 1. The Morgan fingerprint density at radius 3 is 2.25 bits per heavy atom. The first kappa shape index (κ1) is 9.52. The van der Waals surface area contributed by atoms with Crippen molar-refractivity contribution in [3.05, 3.63) is 6.92 Å². The molecule has 1 saturated heterocycles. The summed E-state index contributed by atoms with van der Waals surface area (Å²) in [6, 6.07) is 0.639. The molecule has 0 bridgehead atoms. The van der Waals surface area contributed by atoms with Crippen LogP contribution in [0.25, 0.3) is 0 Å². The monoisotopic (exact) mass is 169 g/mol. The van der Waals surface area contributed by atoms with Crippen LogP contribution in [-0.2, 0) is 4.79 Å². The Kier molecular flexibility index (Phi) is 3.09. The third kappa shape index (κ3) is 2.21. The maximum atomic E-state index is 10.9. The van der Waals surface area contributed by atoms with Crippen LogP contribution in [-0.4, -0.2) is 48.9 Å². The molecule has 1 amide bonds. The van der Waals surface area contributed by atoms with E-state index in [1.807, 2.05) is 4.90 Å². The zero-order chi connectivity index (χ0) is 9.14. The van der Waals surface area contributed by atoms with Crippen LogP contribution in [0, 0.1) is 6.92 Å².